The molecule has 22 heteroatoms. The minimum absolute atomic E-state index is 0.171. The second-order valence-electron chi connectivity index (χ2n) is 31.2. The fourth-order valence-electron chi connectivity index (χ4n) is 16.2. The van der Waals surface area contributed by atoms with Crippen LogP contribution in [0.5, 0.6) is 51.7 Å². The Bertz CT molecular complexity index is 5380. The number of ether oxygens (including phenoxy) is 9. The van der Waals surface area contributed by atoms with E-state index in [2.05, 4.69) is 59.0 Å². The van der Waals surface area contributed by atoms with Gasteiger partial charge in [0.2, 0.25) is 27.2 Å². The molecule has 0 spiro atoms. The molecule has 0 atom stereocenters. The lowest BCUT2D eigenvalue weighted by Gasteiger charge is -2.20. The molecule has 9 aliphatic rings. The molecule has 4 aromatic heterocycles. The monoisotopic (exact) mass is 1560 g/mol. The topological polar surface area (TPSA) is 254 Å². The van der Waals surface area contributed by atoms with Crippen LogP contribution in [-0.4, -0.2) is 98.2 Å². The Morgan fingerprint density at radius 3 is 1.01 bits per heavy atom. The predicted octanol–water partition coefficient (Wildman–Crippen LogP) is 15.8. The van der Waals surface area contributed by atoms with Gasteiger partial charge >= 0.3 is 0 Å². The number of Topliss-reactive ketones (excluding diaryl/α,β-unsaturated/α-hetero) is 4. The molecule has 5 saturated carbocycles. The van der Waals surface area contributed by atoms with Gasteiger partial charge in [-0.1, -0.05) is 135 Å². The third-order valence-electron chi connectivity index (χ3n) is 23.6. The van der Waals surface area contributed by atoms with E-state index in [0.29, 0.717) is 59.3 Å². The number of ketones is 4. The van der Waals surface area contributed by atoms with E-state index in [-0.39, 0.29) is 68.6 Å². The van der Waals surface area contributed by atoms with Crippen LogP contribution >= 0.6 is 11.6 Å². The molecule has 0 amide bonds. The van der Waals surface area contributed by atoms with E-state index in [4.69, 9.17) is 54.2 Å². The van der Waals surface area contributed by atoms with Gasteiger partial charge in [0.15, 0.2) is 46.0 Å². The highest BCUT2D eigenvalue weighted by Crippen LogP contribution is 2.55. The van der Waals surface area contributed by atoms with E-state index in [1.54, 1.807) is 7.11 Å². The highest BCUT2D eigenvalue weighted by molar-refractivity contribution is 6.31. The highest BCUT2D eigenvalue weighted by atomic mass is 35.5. The molecule has 5 fully saturated rings. The summed E-state index contributed by atoms with van der Waals surface area (Å²) in [4.78, 5) is 52.3. The first kappa shape index (κ1) is 75.7. The van der Waals surface area contributed by atoms with Crippen molar-refractivity contribution in [2.75, 3.05) is 34.3 Å². The normalized spacial score (nSPS) is 16.9. The standard InChI is InChI=1S/C24H22N2O4.C23H19ClN2O3.C23H26N2O3.C23H20N2O3/c1-28-20-5-3-2-4-16(20)12-18-7-8-19(26-25-18)14-23(27)24(10-11-24)17-6-9-21-22(13-17)30-15-29-21;24-19-4-2-1-3-15(19)11-17-6-7-18(26-25-17)13-22(27)23(9-10-23)16-5-8-20-21(12-16)29-14-28-20;2*26-22(23(10-11-23)17-6-9-20-21(13-17)28-15-27-20)14-19-8-7-18(24-25-19)12-16-4-2-1-3-5-16/h2-9,13H,10-12,14-15H2,1H3;1-8,12H,9-11,13-14H2;6-9,13,16H,1-5,10-12,14-15H2;1-9,13H,10-12,14-15H2. The summed E-state index contributed by atoms with van der Waals surface area (Å²) in [5.41, 5.74) is 12.1. The average molecular weight is 1560 g/mol. The van der Waals surface area contributed by atoms with Crippen LogP contribution in [0, 0.1) is 5.92 Å². The highest BCUT2D eigenvalue weighted by Gasteiger charge is 2.54. The second-order valence-corrected chi connectivity index (χ2v) is 31.6. The van der Waals surface area contributed by atoms with Gasteiger partial charge in [0.25, 0.3) is 0 Å². The zero-order valence-electron chi connectivity index (χ0n) is 64.1. The van der Waals surface area contributed by atoms with E-state index in [0.717, 1.165) is 172 Å². The minimum atomic E-state index is -0.432. The van der Waals surface area contributed by atoms with Crippen molar-refractivity contribution in [3.63, 3.8) is 0 Å². The Kier molecular flexibility index (Phi) is 21.9. The Balaban J connectivity index is 0.000000111. The van der Waals surface area contributed by atoms with Crippen molar-refractivity contribution < 1.29 is 61.8 Å². The van der Waals surface area contributed by atoms with Gasteiger partial charge in [0, 0.05) is 29.8 Å². The Hall–Kier alpha value is -12.0. The van der Waals surface area contributed by atoms with Gasteiger partial charge in [-0.15, -0.1) is 0 Å². The van der Waals surface area contributed by atoms with Crippen LogP contribution in [0.2, 0.25) is 5.02 Å². The van der Waals surface area contributed by atoms with Crippen molar-refractivity contribution >= 4 is 34.7 Å². The average Bonchev–Trinajstić information content (AvgIpc) is 1.61. The summed E-state index contributed by atoms with van der Waals surface area (Å²) in [5, 5.41) is 35.3. The molecule has 0 radical (unpaired) electrons. The molecule has 584 valence electrons. The summed E-state index contributed by atoms with van der Waals surface area (Å²) < 4.78 is 48.8. The lowest BCUT2D eigenvalue weighted by Crippen LogP contribution is -2.23. The molecule has 11 aromatic rings. The van der Waals surface area contributed by atoms with Crippen LogP contribution < -0.4 is 42.6 Å². The van der Waals surface area contributed by atoms with E-state index < -0.39 is 16.2 Å². The van der Waals surface area contributed by atoms with Gasteiger partial charge in [-0.3, -0.25) is 19.2 Å². The molecule has 21 nitrogen and oxygen atoms in total. The van der Waals surface area contributed by atoms with Gasteiger partial charge in [0.1, 0.15) is 28.9 Å². The van der Waals surface area contributed by atoms with E-state index in [1.165, 1.54) is 37.7 Å². The molecule has 20 rings (SSSR count). The lowest BCUT2D eigenvalue weighted by atomic mass is 9.86. The van der Waals surface area contributed by atoms with Gasteiger partial charge in [-0.05, 0) is 206 Å². The first-order chi connectivity index (χ1) is 56.3. The number of fused-ring (bicyclic) bond motifs is 4. The number of halogens is 1. The maximum Gasteiger partial charge on any atom is 0.231 e. The molecule has 5 aliphatic carbocycles. The number of para-hydroxylation sites is 1. The Morgan fingerprint density at radius 1 is 0.339 bits per heavy atom. The molecule has 115 heavy (non-hydrogen) atoms. The van der Waals surface area contributed by atoms with Crippen molar-refractivity contribution in [1.82, 2.24) is 40.8 Å². The Morgan fingerprint density at radius 2 is 0.652 bits per heavy atom. The SMILES string of the molecule is COc1ccccc1Cc1ccc(CC(=O)C2(c3ccc4c(c3)OCO4)CC2)nn1.O=C(Cc1ccc(CC2CCCCC2)nn1)C1(c2ccc3c(c2)OCO3)CC1.O=C(Cc1ccc(Cc2ccccc2)nn1)C1(c2ccc3c(c2)OCO3)CC1.O=C(Cc1ccc(Cc2ccccc2Cl)nn1)C1(c2ccc3c(c2)OCO3)CC1. The zero-order valence-corrected chi connectivity index (χ0v) is 64.8. The number of hydrogen-bond donors (Lipinski definition) is 0. The number of aromatic nitrogens is 8. The second kappa shape index (κ2) is 33.2. The number of nitrogens with zero attached hydrogens (tertiary/aromatic N) is 8. The van der Waals surface area contributed by atoms with E-state index in [1.807, 2.05) is 182 Å². The first-order valence-electron chi connectivity index (χ1n) is 39.7. The summed E-state index contributed by atoms with van der Waals surface area (Å²) in [5.74, 6) is 8.19. The van der Waals surface area contributed by atoms with Crippen molar-refractivity contribution in [1.29, 1.82) is 0 Å². The van der Waals surface area contributed by atoms with Crippen LogP contribution in [0.25, 0.3) is 0 Å². The maximum atomic E-state index is 13.1. The molecule has 7 aromatic carbocycles. The van der Waals surface area contributed by atoms with Gasteiger partial charge in [-0.25, -0.2) is 0 Å². The van der Waals surface area contributed by atoms with Crippen LogP contribution in [0.15, 0.2) is 200 Å². The largest absolute Gasteiger partial charge is 0.496 e. The fraction of sp³-hybridized carbons (Fsp3) is 0.333. The number of benzene rings is 7. The summed E-state index contributed by atoms with van der Waals surface area (Å²) in [6.07, 6.45) is 17.8. The third-order valence-corrected chi connectivity index (χ3v) is 24.0. The summed E-state index contributed by atoms with van der Waals surface area (Å²) in [6, 6.07) is 64.5. The molecule has 4 aliphatic heterocycles. The molecular formula is C93H87ClN8O13. The van der Waals surface area contributed by atoms with E-state index in [9.17, 15) is 19.2 Å². The van der Waals surface area contributed by atoms with Gasteiger partial charge in [-0.2, -0.15) is 40.8 Å². The number of methoxy groups -OCH3 is 1. The summed E-state index contributed by atoms with van der Waals surface area (Å²) in [7, 11) is 1.66. The molecule has 0 N–H and O–H groups in total. The minimum Gasteiger partial charge on any atom is -0.496 e. The zero-order chi connectivity index (χ0) is 78.4. The molecule has 0 unspecified atom stereocenters. The fourth-order valence-corrected chi connectivity index (χ4v) is 16.4. The molecule has 8 heterocycles. The van der Waals surface area contributed by atoms with Crippen LogP contribution in [0.1, 0.15) is 168 Å². The molecule has 0 bridgehead atoms. The van der Waals surface area contributed by atoms with Crippen LogP contribution in [0.4, 0.5) is 0 Å². The van der Waals surface area contributed by atoms with Gasteiger partial charge < -0.3 is 42.6 Å². The van der Waals surface area contributed by atoms with Crippen molar-refractivity contribution in [3.8, 4) is 51.7 Å². The number of carbonyl (C=O) groups excluding carboxylic acids is 4. The van der Waals surface area contributed by atoms with Crippen molar-refractivity contribution in [2.45, 2.75) is 156 Å². The van der Waals surface area contributed by atoms with Crippen molar-refractivity contribution in [2.24, 2.45) is 5.92 Å². The number of carbonyl (C=O) groups is 4. The summed E-state index contributed by atoms with van der Waals surface area (Å²) >= 11 is 6.22. The molecule has 0 saturated heterocycles. The number of rotatable bonds is 25. The van der Waals surface area contributed by atoms with E-state index >= 15 is 0 Å². The Labute approximate surface area is 671 Å². The lowest BCUT2D eigenvalue weighted by molar-refractivity contribution is -0.121. The smallest absolute Gasteiger partial charge is 0.231 e. The quantitative estimate of drug-likeness (QED) is 0.0515. The maximum absolute atomic E-state index is 13.1. The molecular weight excluding hydrogens is 1470 g/mol. The van der Waals surface area contributed by atoms with Crippen LogP contribution in [0.3, 0.4) is 0 Å². The van der Waals surface area contributed by atoms with Crippen LogP contribution in [-0.2, 0) is 92.2 Å². The summed E-state index contributed by atoms with van der Waals surface area (Å²) in [6.45, 7) is 0.958. The third kappa shape index (κ3) is 17.1. The number of hydrogen-bond acceptors (Lipinski definition) is 21. The predicted molar refractivity (Wildman–Crippen MR) is 426 cm³/mol. The first-order valence-corrected chi connectivity index (χ1v) is 40.0. The van der Waals surface area contributed by atoms with Crippen molar-refractivity contribution in [3.05, 3.63) is 290 Å². The van der Waals surface area contributed by atoms with Gasteiger partial charge in [0.05, 0.1) is 100 Å².